The molecule has 0 N–H and O–H groups in total. The smallest absolute Gasteiger partial charge is 0.330 e. The highest BCUT2D eigenvalue weighted by Crippen LogP contribution is 2.36. The van der Waals surface area contributed by atoms with E-state index in [1.165, 1.54) is 6.08 Å². The van der Waals surface area contributed by atoms with Crippen molar-refractivity contribution in [2.75, 3.05) is 6.61 Å². The summed E-state index contributed by atoms with van der Waals surface area (Å²) >= 11 is 0. The van der Waals surface area contributed by atoms with E-state index in [4.69, 9.17) is 9.47 Å². The first-order valence-corrected chi connectivity index (χ1v) is 6.15. The van der Waals surface area contributed by atoms with E-state index in [-0.39, 0.29) is 12.1 Å². The molecule has 0 aromatic rings. The Morgan fingerprint density at radius 1 is 1.50 bits per heavy atom. The van der Waals surface area contributed by atoms with Gasteiger partial charge in [0, 0.05) is 12.7 Å². The monoisotopic (exact) mass is 226 g/mol. The molecule has 1 aliphatic carbocycles. The van der Waals surface area contributed by atoms with Crippen molar-refractivity contribution in [3.8, 4) is 0 Å². The largest absolute Gasteiger partial charge is 0.453 e. The number of hydrogen-bond donors (Lipinski definition) is 0. The van der Waals surface area contributed by atoms with Crippen LogP contribution in [0.25, 0.3) is 0 Å². The van der Waals surface area contributed by atoms with E-state index in [0.29, 0.717) is 6.61 Å². The van der Waals surface area contributed by atoms with Crippen molar-refractivity contribution in [3.05, 3.63) is 12.7 Å². The molecular weight excluding hydrogens is 204 g/mol. The van der Waals surface area contributed by atoms with Gasteiger partial charge in [0.15, 0.2) is 0 Å². The van der Waals surface area contributed by atoms with Crippen molar-refractivity contribution in [2.45, 2.75) is 57.7 Å². The van der Waals surface area contributed by atoms with E-state index < -0.39 is 5.60 Å². The molecule has 0 aromatic carbocycles. The molecule has 1 rings (SSSR count). The maximum atomic E-state index is 11.4. The van der Waals surface area contributed by atoms with Crippen LogP contribution >= 0.6 is 0 Å². The Kier molecular flexibility index (Phi) is 5.00. The number of hydrogen-bond acceptors (Lipinski definition) is 3. The predicted octanol–water partition coefficient (Wildman–Crippen LogP) is 2.84. The first kappa shape index (κ1) is 13.2. The molecule has 0 radical (unpaired) electrons. The summed E-state index contributed by atoms with van der Waals surface area (Å²) < 4.78 is 11.3. The van der Waals surface area contributed by atoms with Gasteiger partial charge in [-0.05, 0) is 32.6 Å². The fourth-order valence-electron chi connectivity index (χ4n) is 2.45. The van der Waals surface area contributed by atoms with E-state index in [9.17, 15) is 4.79 Å². The lowest BCUT2D eigenvalue weighted by molar-refractivity contribution is -0.182. The molecule has 0 aliphatic heterocycles. The van der Waals surface area contributed by atoms with Crippen LogP contribution in [0.3, 0.4) is 0 Å². The number of carbonyl (C=O) groups is 1. The molecule has 1 fully saturated rings. The second-order valence-electron chi connectivity index (χ2n) is 4.23. The Hall–Kier alpha value is -0.830. The first-order valence-electron chi connectivity index (χ1n) is 6.15. The van der Waals surface area contributed by atoms with Gasteiger partial charge in [0.05, 0.1) is 6.10 Å². The average molecular weight is 226 g/mol. The summed E-state index contributed by atoms with van der Waals surface area (Å²) in [6.45, 7) is 8.14. The zero-order valence-corrected chi connectivity index (χ0v) is 10.3. The maximum absolute atomic E-state index is 11.4. The Balaban J connectivity index is 2.78. The van der Waals surface area contributed by atoms with Crippen LogP contribution in [0, 0.1) is 0 Å². The standard InChI is InChI=1S/C13H22O3/c1-4-12(14)16-13(5-2)10-8-7-9-11(13)15-6-3/h4,11H,1,5-10H2,2-3H3. The minimum Gasteiger partial charge on any atom is -0.453 e. The third-order valence-electron chi connectivity index (χ3n) is 3.34. The Bertz CT molecular complexity index is 248. The van der Waals surface area contributed by atoms with Crippen molar-refractivity contribution in [3.63, 3.8) is 0 Å². The van der Waals surface area contributed by atoms with Crippen LogP contribution in [0.15, 0.2) is 12.7 Å². The van der Waals surface area contributed by atoms with Crippen molar-refractivity contribution in [2.24, 2.45) is 0 Å². The summed E-state index contributed by atoms with van der Waals surface area (Å²) in [4.78, 5) is 11.4. The molecule has 92 valence electrons. The molecular formula is C13H22O3. The molecule has 3 nitrogen and oxygen atoms in total. The number of rotatable bonds is 5. The van der Waals surface area contributed by atoms with E-state index in [0.717, 1.165) is 32.1 Å². The van der Waals surface area contributed by atoms with Gasteiger partial charge in [0.1, 0.15) is 5.60 Å². The maximum Gasteiger partial charge on any atom is 0.330 e. The minimum absolute atomic E-state index is 0.0418. The molecule has 0 heterocycles. The number of carbonyl (C=O) groups excluding carboxylic acids is 1. The van der Waals surface area contributed by atoms with Gasteiger partial charge in [-0.1, -0.05) is 19.9 Å². The van der Waals surface area contributed by atoms with E-state index in [2.05, 4.69) is 6.58 Å². The molecule has 0 amide bonds. The van der Waals surface area contributed by atoms with Crippen LogP contribution in [0.4, 0.5) is 0 Å². The first-order chi connectivity index (χ1) is 7.68. The third-order valence-corrected chi connectivity index (χ3v) is 3.34. The van der Waals surface area contributed by atoms with E-state index in [1.807, 2.05) is 13.8 Å². The second-order valence-corrected chi connectivity index (χ2v) is 4.23. The predicted molar refractivity (Wildman–Crippen MR) is 63.2 cm³/mol. The van der Waals surface area contributed by atoms with Gasteiger partial charge < -0.3 is 9.47 Å². The molecule has 1 saturated carbocycles. The van der Waals surface area contributed by atoms with Crippen molar-refractivity contribution < 1.29 is 14.3 Å². The summed E-state index contributed by atoms with van der Waals surface area (Å²) in [7, 11) is 0. The molecule has 1 aliphatic rings. The normalized spacial score (nSPS) is 29.8. The Morgan fingerprint density at radius 2 is 2.25 bits per heavy atom. The quantitative estimate of drug-likeness (QED) is 0.534. The molecule has 16 heavy (non-hydrogen) atoms. The lowest BCUT2D eigenvalue weighted by Gasteiger charge is -2.42. The van der Waals surface area contributed by atoms with Crippen LogP contribution in [0.5, 0.6) is 0 Å². The van der Waals surface area contributed by atoms with Crippen LogP contribution in [-0.2, 0) is 14.3 Å². The van der Waals surface area contributed by atoms with Crippen molar-refractivity contribution >= 4 is 5.97 Å². The van der Waals surface area contributed by atoms with Gasteiger partial charge in [-0.15, -0.1) is 0 Å². The van der Waals surface area contributed by atoms with Gasteiger partial charge >= 0.3 is 5.97 Å². The third kappa shape index (κ3) is 2.85. The summed E-state index contributed by atoms with van der Waals surface area (Å²) in [6, 6.07) is 0. The fraction of sp³-hybridized carbons (Fsp3) is 0.769. The number of esters is 1. The van der Waals surface area contributed by atoms with Crippen LogP contribution in [0.1, 0.15) is 46.0 Å². The average Bonchev–Trinajstić information content (AvgIpc) is 2.32. The molecule has 2 unspecified atom stereocenters. The van der Waals surface area contributed by atoms with Gasteiger partial charge in [0.25, 0.3) is 0 Å². The highest BCUT2D eigenvalue weighted by molar-refractivity contribution is 5.81. The highest BCUT2D eigenvalue weighted by Gasteiger charge is 2.43. The minimum atomic E-state index is -0.431. The summed E-state index contributed by atoms with van der Waals surface area (Å²) in [5.41, 5.74) is -0.431. The fourth-order valence-corrected chi connectivity index (χ4v) is 2.45. The molecule has 0 aromatic heterocycles. The van der Waals surface area contributed by atoms with Crippen molar-refractivity contribution in [1.29, 1.82) is 0 Å². The summed E-state index contributed by atoms with van der Waals surface area (Å²) in [5.74, 6) is -0.339. The Morgan fingerprint density at radius 3 is 2.81 bits per heavy atom. The van der Waals surface area contributed by atoms with Gasteiger partial charge in [-0.3, -0.25) is 0 Å². The number of ether oxygens (including phenoxy) is 2. The Labute approximate surface area is 97.8 Å². The van der Waals surface area contributed by atoms with Gasteiger partial charge in [0.2, 0.25) is 0 Å². The lowest BCUT2D eigenvalue weighted by atomic mass is 9.80. The van der Waals surface area contributed by atoms with Crippen molar-refractivity contribution in [1.82, 2.24) is 0 Å². The molecule has 3 heteroatoms. The second kappa shape index (κ2) is 6.04. The lowest BCUT2D eigenvalue weighted by Crippen LogP contribution is -2.49. The van der Waals surface area contributed by atoms with Crippen LogP contribution in [0.2, 0.25) is 0 Å². The van der Waals surface area contributed by atoms with Crippen LogP contribution < -0.4 is 0 Å². The summed E-state index contributed by atoms with van der Waals surface area (Å²) in [6.07, 6.45) is 6.20. The molecule has 0 bridgehead atoms. The zero-order chi connectivity index (χ0) is 12.0. The van der Waals surface area contributed by atoms with E-state index in [1.54, 1.807) is 0 Å². The summed E-state index contributed by atoms with van der Waals surface area (Å²) in [5, 5.41) is 0. The van der Waals surface area contributed by atoms with Gasteiger partial charge in [-0.25, -0.2) is 4.79 Å². The van der Waals surface area contributed by atoms with Gasteiger partial charge in [-0.2, -0.15) is 0 Å². The molecule has 0 spiro atoms. The zero-order valence-electron chi connectivity index (χ0n) is 10.3. The van der Waals surface area contributed by atoms with E-state index >= 15 is 0 Å². The SMILES string of the molecule is C=CC(=O)OC1(CC)CCCCC1OCC. The van der Waals surface area contributed by atoms with Crippen LogP contribution in [-0.4, -0.2) is 24.3 Å². The highest BCUT2D eigenvalue weighted by atomic mass is 16.6. The topological polar surface area (TPSA) is 35.5 Å². The molecule has 0 saturated heterocycles. The molecule has 2 atom stereocenters.